The molecule has 0 bridgehead atoms. The second kappa shape index (κ2) is 4.54. The van der Waals surface area contributed by atoms with Crippen LogP contribution < -0.4 is 0 Å². The SMILES string of the molecule is CO[C@H]1OCCO[C@@H]1CC(C)=O. The van der Waals surface area contributed by atoms with E-state index < -0.39 is 0 Å². The van der Waals surface area contributed by atoms with Crippen molar-refractivity contribution in [3.63, 3.8) is 0 Å². The van der Waals surface area contributed by atoms with Gasteiger partial charge in [-0.2, -0.15) is 0 Å². The van der Waals surface area contributed by atoms with E-state index in [0.717, 1.165) is 0 Å². The minimum Gasteiger partial charge on any atom is -0.370 e. The van der Waals surface area contributed by atoms with Crippen LogP contribution >= 0.6 is 0 Å². The summed E-state index contributed by atoms with van der Waals surface area (Å²) in [5, 5.41) is 0. The van der Waals surface area contributed by atoms with Gasteiger partial charge >= 0.3 is 0 Å². The van der Waals surface area contributed by atoms with Crippen LogP contribution in [0.5, 0.6) is 0 Å². The van der Waals surface area contributed by atoms with Gasteiger partial charge in [-0.3, -0.25) is 4.79 Å². The fraction of sp³-hybridized carbons (Fsp3) is 0.875. The molecule has 0 unspecified atom stereocenters. The number of methoxy groups -OCH3 is 1. The Kier molecular flexibility index (Phi) is 3.65. The molecule has 1 rings (SSSR count). The van der Waals surface area contributed by atoms with Crippen molar-refractivity contribution < 1.29 is 19.0 Å². The molecule has 0 spiro atoms. The molecule has 0 aromatic heterocycles. The van der Waals surface area contributed by atoms with Crippen molar-refractivity contribution in [3.05, 3.63) is 0 Å². The van der Waals surface area contributed by atoms with E-state index in [2.05, 4.69) is 0 Å². The Labute approximate surface area is 71.8 Å². The Bertz CT molecular complexity index is 157. The van der Waals surface area contributed by atoms with Gasteiger partial charge in [-0.25, -0.2) is 0 Å². The van der Waals surface area contributed by atoms with Crippen LogP contribution in [0.4, 0.5) is 0 Å². The molecule has 1 fully saturated rings. The highest BCUT2D eigenvalue weighted by atomic mass is 16.7. The van der Waals surface area contributed by atoms with E-state index in [0.29, 0.717) is 19.6 Å². The Morgan fingerprint density at radius 2 is 2.17 bits per heavy atom. The van der Waals surface area contributed by atoms with Crippen LogP contribution in [0, 0.1) is 0 Å². The topological polar surface area (TPSA) is 44.8 Å². The Morgan fingerprint density at radius 3 is 2.75 bits per heavy atom. The highest BCUT2D eigenvalue weighted by Gasteiger charge is 2.27. The summed E-state index contributed by atoms with van der Waals surface area (Å²) in [7, 11) is 1.55. The summed E-state index contributed by atoms with van der Waals surface area (Å²) in [6.07, 6.45) is -0.262. The lowest BCUT2D eigenvalue weighted by molar-refractivity contribution is -0.238. The molecule has 0 radical (unpaired) electrons. The summed E-state index contributed by atoms with van der Waals surface area (Å²) in [6.45, 7) is 2.61. The van der Waals surface area contributed by atoms with Crippen LogP contribution in [-0.4, -0.2) is 38.5 Å². The Hall–Kier alpha value is -0.450. The molecule has 0 aromatic rings. The van der Waals surface area contributed by atoms with Crippen molar-refractivity contribution in [2.75, 3.05) is 20.3 Å². The van der Waals surface area contributed by atoms with E-state index in [9.17, 15) is 4.79 Å². The van der Waals surface area contributed by atoms with Crippen molar-refractivity contribution in [1.82, 2.24) is 0 Å². The number of rotatable bonds is 3. The Balaban J connectivity index is 2.41. The standard InChI is InChI=1S/C8H14O4/c1-6(9)5-7-8(10-2)12-4-3-11-7/h7-8H,3-5H2,1-2H3/t7-,8+/m1/s1. The maximum absolute atomic E-state index is 10.8. The minimum absolute atomic E-state index is 0.0903. The first-order valence-electron chi connectivity index (χ1n) is 3.99. The number of hydrogen-bond donors (Lipinski definition) is 0. The van der Waals surface area contributed by atoms with Gasteiger partial charge in [0, 0.05) is 13.5 Å². The summed E-state index contributed by atoms with van der Waals surface area (Å²) in [5.74, 6) is 0.0903. The van der Waals surface area contributed by atoms with Crippen LogP contribution in [0.25, 0.3) is 0 Å². The highest BCUT2D eigenvalue weighted by molar-refractivity contribution is 5.76. The van der Waals surface area contributed by atoms with E-state index in [4.69, 9.17) is 14.2 Å². The number of carbonyl (C=O) groups is 1. The third kappa shape index (κ3) is 2.55. The maximum Gasteiger partial charge on any atom is 0.183 e. The van der Waals surface area contributed by atoms with E-state index in [1.165, 1.54) is 6.92 Å². The van der Waals surface area contributed by atoms with Gasteiger partial charge in [-0.05, 0) is 6.92 Å². The minimum atomic E-state index is -0.386. The van der Waals surface area contributed by atoms with Crippen molar-refractivity contribution in [1.29, 1.82) is 0 Å². The first-order valence-corrected chi connectivity index (χ1v) is 3.99. The van der Waals surface area contributed by atoms with Crippen molar-refractivity contribution in [2.24, 2.45) is 0 Å². The molecule has 1 aliphatic rings. The van der Waals surface area contributed by atoms with E-state index in [-0.39, 0.29) is 18.2 Å². The number of carbonyl (C=O) groups excluding carboxylic acids is 1. The molecule has 2 atom stereocenters. The van der Waals surface area contributed by atoms with Gasteiger partial charge in [-0.15, -0.1) is 0 Å². The average molecular weight is 174 g/mol. The molecule has 1 aliphatic heterocycles. The van der Waals surface area contributed by atoms with Crippen molar-refractivity contribution in [2.45, 2.75) is 25.7 Å². The first kappa shape index (κ1) is 9.64. The molecule has 0 amide bonds. The predicted octanol–water partition coefficient (Wildman–Crippen LogP) is 0.353. The van der Waals surface area contributed by atoms with E-state index >= 15 is 0 Å². The molecule has 0 N–H and O–H groups in total. The van der Waals surface area contributed by atoms with Gasteiger partial charge in [0.1, 0.15) is 11.9 Å². The molecule has 70 valence electrons. The van der Waals surface area contributed by atoms with E-state index in [1.54, 1.807) is 7.11 Å². The summed E-state index contributed by atoms with van der Waals surface area (Å²) in [4.78, 5) is 10.8. The average Bonchev–Trinajstić information content (AvgIpc) is 2.04. The van der Waals surface area contributed by atoms with E-state index in [1.807, 2.05) is 0 Å². The zero-order valence-electron chi connectivity index (χ0n) is 7.41. The fourth-order valence-corrected chi connectivity index (χ4v) is 1.21. The molecule has 0 aliphatic carbocycles. The number of ether oxygens (including phenoxy) is 3. The van der Waals surface area contributed by atoms with Gasteiger partial charge in [0.05, 0.1) is 13.2 Å². The first-order chi connectivity index (χ1) is 5.74. The Morgan fingerprint density at radius 1 is 1.50 bits per heavy atom. The smallest absolute Gasteiger partial charge is 0.183 e. The monoisotopic (exact) mass is 174 g/mol. The zero-order chi connectivity index (χ0) is 8.97. The second-order valence-electron chi connectivity index (χ2n) is 2.79. The fourth-order valence-electron chi connectivity index (χ4n) is 1.21. The number of hydrogen-bond acceptors (Lipinski definition) is 4. The van der Waals surface area contributed by atoms with Gasteiger partial charge < -0.3 is 14.2 Å². The third-order valence-electron chi connectivity index (χ3n) is 1.72. The zero-order valence-corrected chi connectivity index (χ0v) is 7.41. The van der Waals surface area contributed by atoms with Gasteiger partial charge in [0.25, 0.3) is 0 Å². The highest BCUT2D eigenvalue weighted by Crippen LogP contribution is 2.14. The summed E-state index contributed by atoms with van der Waals surface area (Å²) in [5.41, 5.74) is 0. The van der Waals surface area contributed by atoms with Crippen LogP contribution in [0.2, 0.25) is 0 Å². The summed E-state index contributed by atoms with van der Waals surface area (Å²) >= 11 is 0. The lowest BCUT2D eigenvalue weighted by atomic mass is 10.2. The summed E-state index contributed by atoms with van der Waals surface area (Å²) < 4.78 is 15.6. The van der Waals surface area contributed by atoms with Crippen molar-refractivity contribution >= 4 is 5.78 Å². The largest absolute Gasteiger partial charge is 0.370 e. The molecule has 12 heavy (non-hydrogen) atoms. The predicted molar refractivity (Wildman–Crippen MR) is 41.8 cm³/mol. The molecule has 0 aromatic carbocycles. The molecule has 0 saturated carbocycles. The van der Waals surface area contributed by atoms with Gasteiger partial charge in [0.15, 0.2) is 6.29 Å². The summed E-state index contributed by atoms with van der Waals surface area (Å²) in [6, 6.07) is 0. The molecule has 4 heteroatoms. The van der Waals surface area contributed by atoms with Gasteiger partial charge in [0.2, 0.25) is 0 Å². The number of ketones is 1. The second-order valence-corrected chi connectivity index (χ2v) is 2.79. The van der Waals surface area contributed by atoms with Crippen LogP contribution in [0.1, 0.15) is 13.3 Å². The molecule has 4 nitrogen and oxygen atoms in total. The van der Waals surface area contributed by atoms with Crippen LogP contribution in [0.3, 0.4) is 0 Å². The molecule has 1 saturated heterocycles. The van der Waals surface area contributed by atoms with Crippen LogP contribution in [0.15, 0.2) is 0 Å². The van der Waals surface area contributed by atoms with Crippen LogP contribution in [-0.2, 0) is 19.0 Å². The van der Waals surface area contributed by atoms with Crippen molar-refractivity contribution in [3.8, 4) is 0 Å². The lowest BCUT2D eigenvalue weighted by Crippen LogP contribution is -2.40. The lowest BCUT2D eigenvalue weighted by Gasteiger charge is -2.29. The number of Topliss-reactive ketones (excluding diaryl/α,β-unsaturated/α-hetero) is 1. The quantitative estimate of drug-likeness (QED) is 0.619. The normalized spacial score (nSPS) is 30.2. The third-order valence-corrected chi connectivity index (χ3v) is 1.72. The molecular weight excluding hydrogens is 160 g/mol. The molecule has 1 heterocycles. The van der Waals surface area contributed by atoms with Gasteiger partial charge in [-0.1, -0.05) is 0 Å². The maximum atomic E-state index is 10.8. The molecular formula is C8H14O4.